The number of imidazole rings is 1. The van der Waals surface area contributed by atoms with Crippen LogP contribution in [0.15, 0.2) is 54.9 Å². The molecule has 0 atom stereocenters. The van der Waals surface area contributed by atoms with Gasteiger partial charge in [0, 0.05) is 16.3 Å². The fourth-order valence-corrected chi connectivity index (χ4v) is 4.01. The van der Waals surface area contributed by atoms with Crippen molar-refractivity contribution in [2.45, 2.75) is 5.60 Å². The molecule has 10 heteroatoms. The number of nitrogens with two attached hydrogens (primary N) is 1. The number of aliphatic hydroxyl groups is 1. The number of halogens is 2. The molecule has 0 bridgehead atoms. The summed E-state index contributed by atoms with van der Waals surface area (Å²) in [6, 6.07) is 14.7. The molecule has 1 fully saturated rings. The van der Waals surface area contributed by atoms with Crippen molar-refractivity contribution in [1.82, 2.24) is 19.5 Å². The molecule has 0 unspecified atom stereocenters. The maximum Gasteiger partial charge on any atom is 0.253 e. The number of nitrogens with zero attached hydrogens (tertiary/aromatic N) is 5. The second kappa shape index (κ2) is 7.19. The number of fused-ring (bicyclic) bond motifs is 1. The SMILES string of the molecule is NC(=O)C1(O)CN(c2ncnc3c2nc(-c2ccccc2Cl)n3-c2ccc(Cl)cc2)C1. The highest BCUT2D eigenvalue weighted by Crippen LogP contribution is 2.36. The van der Waals surface area contributed by atoms with Gasteiger partial charge in [-0.15, -0.1) is 0 Å². The number of primary amides is 1. The van der Waals surface area contributed by atoms with Gasteiger partial charge in [0.1, 0.15) is 12.2 Å². The standard InChI is InChI=1S/C21H16Cl2N6O2/c22-12-5-7-13(8-6-12)29-17(14-3-1-2-4-15(14)23)27-16-18(25-11-26-19(16)29)28-9-21(31,10-28)20(24)30/h1-8,11,31H,9-10H2,(H2,24,30). The first-order valence-electron chi connectivity index (χ1n) is 9.39. The number of hydrogen-bond donors (Lipinski definition) is 2. The van der Waals surface area contributed by atoms with E-state index in [9.17, 15) is 9.90 Å². The van der Waals surface area contributed by atoms with Crippen LogP contribution in [0.5, 0.6) is 0 Å². The zero-order valence-corrected chi connectivity index (χ0v) is 17.5. The molecular formula is C21H16Cl2N6O2. The average molecular weight is 455 g/mol. The number of hydrogen-bond acceptors (Lipinski definition) is 6. The van der Waals surface area contributed by atoms with E-state index in [-0.39, 0.29) is 13.1 Å². The molecule has 3 heterocycles. The average Bonchev–Trinajstić information content (AvgIpc) is 3.11. The van der Waals surface area contributed by atoms with E-state index in [1.165, 1.54) is 6.33 Å². The van der Waals surface area contributed by atoms with Gasteiger partial charge in [0.2, 0.25) is 0 Å². The van der Waals surface area contributed by atoms with E-state index in [2.05, 4.69) is 9.97 Å². The maximum atomic E-state index is 11.5. The smallest absolute Gasteiger partial charge is 0.253 e. The molecule has 0 aliphatic carbocycles. The first kappa shape index (κ1) is 19.7. The van der Waals surface area contributed by atoms with E-state index in [1.807, 2.05) is 34.9 Å². The Morgan fingerprint density at radius 1 is 1.06 bits per heavy atom. The van der Waals surface area contributed by atoms with E-state index >= 15 is 0 Å². The van der Waals surface area contributed by atoms with Crippen molar-refractivity contribution in [3.63, 3.8) is 0 Å². The zero-order chi connectivity index (χ0) is 21.8. The molecule has 8 nitrogen and oxygen atoms in total. The van der Waals surface area contributed by atoms with Gasteiger partial charge in [0.15, 0.2) is 22.6 Å². The molecule has 0 saturated carbocycles. The summed E-state index contributed by atoms with van der Waals surface area (Å²) in [5, 5.41) is 11.4. The van der Waals surface area contributed by atoms with E-state index in [0.717, 1.165) is 11.3 Å². The number of benzene rings is 2. The Balaban J connectivity index is 1.72. The van der Waals surface area contributed by atoms with Crippen LogP contribution in [0.1, 0.15) is 0 Å². The molecule has 31 heavy (non-hydrogen) atoms. The number of carbonyl (C=O) groups is 1. The van der Waals surface area contributed by atoms with E-state index in [4.69, 9.17) is 33.9 Å². The third-order valence-corrected chi connectivity index (χ3v) is 5.87. The highest BCUT2D eigenvalue weighted by molar-refractivity contribution is 6.33. The molecule has 0 radical (unpaired) electrons. The Hall–Kier alpha value is -3.20. The van der Waals surface area contributed by atoms with Gasteiger partial charge in [-0.3, -0.25) is 9.36 Å². The fourth-order valence-electron chi connectivity index (χ4n) is 3.66. The van der Waals surface area contributed by atoms with Gasteiger partial charge in [-0.2, -0.15) is 0 Å². The summed E-state index contributed by atoms with van der Waals surface area (Å²) in [7, 11) is 0. The zero-order valence-electron chi connectivity index (χ0n) is 16.0. The van der Waals surface area contributed by atoms with Crippen molar-refractivity contribution >= 4 is 46.1 Å². The Kier molecular flexibility index (Phi) is 4.58. The summed E-state index contributed by atoms with van der Waals surface area (Å²) in [4.78, 5) is 26.9. The van der Waals surface area contributed by atoms with Crippen molar-refractivity contribution in [1.29, 1.82) is 0 Å². The molecule has 1 saturated heterocycles. The van der Waals surface area contributed by atoms with Crippen LogP contribution in [0.3, 0.4) is 0 Å². The summed E-state index contributed by atoms with van der Waals surface area (Å²) in [6.07, 6.45) is 1.42. The van der Waals surface area contributed by atoms with Crippen molar-refractivity contribution < 1.29 is 9.90 Å². The van der Waals surface area contributed by atoms with Gasteiger partial charge < -0.3 is 15.7 Å². The van der Waals surface area contributed by atoms with Gasteiger partial charge in [-0.25, -0.2) is 15.0 Å². The van der Waals surface area contributed by atoms with Gasteiger partial charge >= 0.3 is 0 Å². The number of rotatable bonds is 4. The molecule has 1 aliphatic rings. The second-order valence-corrected chi connectivity index (χ2v) is 8.19. The molecule has 1 aliphatic heterocycles. The minimum absolute atomic E-state index is 0.0314. The minimum atomic E-state index is -1.58. The topological polar surface area (TPSA) is 110 Å². The molecule has 5 rings (SSSR count). The molecule has 1 amide bonds. The lowest BCUT2D eigenvalue weighted by Gasteiger charge is -2.44. The number of β-amino-alcohol motifs (C(OH)–C–C–N with tert-alkyl or cyclic N) is 1. The Morgan fingerprint density at radius 3 is 2.45 bits per heavy atom. The molecule has 4 aromatic rings. The van der Waals surface area contributed by atoms with Crippen LogP contribution < -0.4 is 10.6 Å². The highest BCUT2D eigenvalue weighted by Gasteiger charge is 2.47. The highest BCUT2D eigenvalue weighted by atomic mass is 35.5. The van der Waals surface area contributed by atoms with Crippen LogP contribution in [0.2, 0.25) is 10.0 Å². The van der Waals surface area contributed by atoms with Crippen LogP contribution in [-0.2, 0) is 4.79 Å². The molecule has 2 aromatic heterocycles. The predicted octanol–water partition coefficient (Wildman–Crippen LogP) is 2.83. The fraction of sp³-hybridized carbons (Fsp3) is 0.143. The quantitative estimate of drug-likeness (QED) is 0.490. The molecule has 0 spiro atoms. The van der Waals surface area contributed by atoms with E-state index < -0.39 is 11.5 Å². The number of aromatic nitrogens is 4. The Morgan fingerprint density at radius 2 is 1.77 bits per heavy atom. The van der Waals surface area contributed by atoms with Gasteiger partial charge in [-0.05, 0) is 36.4 Å². The summed E-state index contributed by atoms with van der Waals surface area (Å²) in [5.74, 6) is 0.310. The van der Waals surface area contributed by atoms with E-state index in [1.54, 1.807) is 23.1 Å². The van der Waals surface area contributed by atoms with Crippen LogP contribution in [0.4, 0.5) is 5.82 Å². The first-order chi connectivity index (χ1) is 14.9. The third kappa shape index (κ3) is 3.20. The first-order valence-corrected chi connectivity index (χ1v) is 10.1. The van der Waals surface area contributed by atoms with Crippen molar-refractivity contribution in [3.05, 3.63) is 64.9 Å². The molecule has 2 aromatic carbocycles. The van der Waals surface area contributed by atoms with Crippen molar-refractivity contribution in [3.8, 4) is 17.1 Å². The number of amides is 1. The van der Waals surface area contributed by atoms with Gasteiger partial charge in [0.05, 0.1) is 18.1 Å². The summed E-state index contributed by atoms with van der Waals surface area (Å²) in [6.45, 7) is 0.0629. The normalized spacial score (nSPS) is 15.1. The van der Waals surface area contributed by atoms with Crippen LogP contribution in [-0.4, -0.2) is 49.2 Å². The number of anilines is 1. The largest absolute Gasteiger partial charge is 0.377 e. The Bertz CT molecular complexity index is 1320. The lowest BCUT2D eigenvalue weighted by atomic mass is 9.93. The van der Waals surface area contributed by atoms with E-state index in [0.29, 0.717) is 32.9 Å². The molecule has 156 valence electrons. The number of carbonyl (C=O) groups excluding carboxylic acids is 1. The summed E-state index contributed by atoms with van der Waals surface area (Å²) in [5.41, 5.74) is 6.30. The Labute approximate surface area is 186 Å². The summed E-state index contributed by atoms with van der Waals surface area (Å²) >= 11 is 12.6. The second-order valence-electron chi connectivity index (χ2n) is 7.35. The van der Waals surface area contributed by atoms with Crippen LogP contribution in [0, 0.1) is 0 Å². The minimum Gasteiger partial charge on any atom is -0.377 e. The lowest BCUT2D eigenvalue weighted by Crippen LogP contribution is -2.68. The molecule has 3 N–H and O–H groups in total. The van der Waals surface area contributed by atoms with Crippen LogP contribution in [0.25, 0.3) is 28.2 Å². The van der Waals surface area contributed by atoms with Crippen LogP contribution >= 0.6 is 23.2 Å². The summed E-state index contributed by atoms with van der Waals surface area (Å²) < 4.78 is 1.87. The monoisotopic (exact) mass is 454 g/mol. The van der Waals surface area contributed by atoms with Gasteiger partial charge in [0.25, 0.3) is 5.91 Å². The lowest BCUT2D eigenvalue weighted by molar-refractivity contribution is -0.138. The maximum absolute atomic E-state index is 11.5. The molecular weight excluding hydrogens is 439 g/mol. The van der Waals surface area contributed by atoms with Crippen molar-refractivity contribution in [2.75, 3.05) is 18.0 Å². The van der Waals surface area contributed by atoms with Gasteiger partial charge in [-0.1, -0.05) is 35.3 Å². The predicted molar refractivity (Wildman–Crippen MR) is 118 cm³/mol. The van der Waals surface area contributed by atoms with Crippen molar-refractivity contribution in [2.24, 2.45) is 5.73 Å². The third-order valence-electron chi connectivity index (χ3n) is 5.29.